The van der Waals surface area contributed by atoms with Gasteiger partial charge in [-0.2, -0.15) is 0 Å². The van der Waals surface area contributed by atoms with Crippen molar-refractivity contribution in [3.8, 4) is 23.0 Å². The van der Waals surface area contributed by atoms with Crippen LogP contribution < -0.4 is 0 Å². The van der Waals surface area contributed by atoms with Gasteiger partial charge in [-0.25, -0.2) is 0 Å². The van der Waals surface area contributed by atoms with Crippen LogP contribution in [0.1, 0.15) is 35.4 Å². The molecule has 2 nitrogen and oxygen atoms in total. The van der Waals surface area contributed by atoms with E-state index in [0.29, 0.717) is 12.3 Å². The van der Waals surface area contributed by atoms with Crippen molar-refractivity contribution >= 4 is 0 Å². The normalized spacial score (nSPS) is 23.3. The number of aliphatic hydroxyl groups is 1. The number of quaternary nitrogens is 1. The number of hydrogen-bond acceptors (Lipinski definition) is 1. The average Bonchev–Trinajstić information content (AvgIpc) is 3.30. The maximum atomic E-state index is 11.6. The fourth-order valence-electron chi connectivity index (χ4n) is 5.25. The summed E-state index contributed by atoms with van der Waals surface area (Å²) < 4.78 is 0.984. The second kappa shape index (κ2) is 7.43. The molecule has 1 aliphatic heterocycles. The highest BCUT2D eigenvalue weighted by Crippen LogP contribution is 2.48. The third kappa shape index (κ3) is 3.25. The van der Waals surface area contributed by atoms with Crippen LogP contribution in [-0.2, 0) is 5.60 Å². The number of fused-ring (bicyclic) bond motifs is 3. The van der Waals surface area contributed by atoms with Crippen molar-refractivity contribution in [1.82, 2.24) is 0 Å². The molecule has 3 aromatic rings. The van der Waals surface area contributed by atoms with E-state index in [1.165, 1.54) is 12.0 Å². The fraction of sp³-hybridized carbons (Fsp3) is 0.286. The smallest absolute Gasteiger partial charge is 0.140 e. The summed E-state index contributed by atoms with van der Waals surface area (Å²) in [5.41, 5.74) is 4.64. The quantitative estimate of drug-likeness (QED) is 0.493. The van der Waals surface area contributed by atoms with E-state index in [9.17, 15) is 5.11 Å². The largest absolute Gasteiger partial charge is 0.379 e. The Hall–Kier alpha value is -2.86. The molecular weight excluding hydrogens is 366 g/mol. The molecule has 1 saturated heterocycles. The highest BCUT2D eigenvalue weighted by Gasteiger charge is 2.40. The van der Waals surface area contributed by atoms with Gasteiger partial charge in [-0.3, -0.25) is 0 Å². The van der Waals surface area contributed by atoms with Gasteiger partial charge < -0.3 is 9.59 Å². The first-order valence-electron chi connectivity index (χ1n) is 10.9. The van der Waals surface area contributed by atoms with Gasteiger partial charge in [0.05, 0.1) is 20.1 Å². The van der Waals surface area contributed by atoms with Gasteiger partial charge in [0.2, 0.25) is 0 Å². The molecule has 1 N–H and O–H groups in total. The zero-order valence-corrected chi connectivity index (χ0v) is 17.5. The number of nitrogens with zero attached hydrogens (tertiary/aromatic N) is 1. The van der Waals surface area contributed by atoms with Crippen LogP contribution in [-0.4, -0.2) is 36.3 Å². The lowest BCUT2D eigenvalue weighted by Crippen LogP contribution is -2.41. The minimum atomic E-state index is -1.02. The van der Waals surface area contributed by atoms with E-state index in [4.69, 9.17) is 0 Å². The second-order valence-corrected chi connectivity index (χ2v) is 9.06. The molecule has 0 radical (unpaired) electrons. The maximum absolute atomic E-state index is 11.6. The highest BCUT2D eigenvalue weighted by atomic mass is 16.3. The SMILES string of the molecule is C[N@@+]1(CC#CCC2(O)c3ccccc3-c3ccccc32)CC[C@H](c2ccccc2)C1. The molecular formula is C28H28NO+. The topological polar surface area (TPSA) is 20.2 Å². The van der Waals surface area contributed by atoms with E-state index in [1.807, 2.05) is 36.4 Å². The van der Waals surface area contributed by atoms with Crippen LogP contribution in [0.5, 0.6) is 0 Å². The average molecular weight is 395 g/mol. The van der Waals surface area contributed by atoms with Crippen molar-refractivity contribution in [3.05, 3.63) is 95.6 Å². The molecule has 1 fully saturated rings. The van der Waals surface area contributed by atoms with Crippen LogP contribution in [0.15, 0.2) is 78.9 Å². The second-order valence-electron chi connectivity index (χ2n) is 9.06. The maximum Gasteiger partial charge on any atom is 0.140 e. The van der Waals surface area contributed by atoms with Crippen molar-refractivity contribution in [1.29, 1.82) is 0 Å². The summed E-state index contributed by atoms with van der Waals surface area (Å²) >= 11 is 0. The lowest BCUT2D eigenvalue weighted by atomic mass is 9.88. The molecule has 1 aliphatic carbocycles. The molecule has 1 heterocycles. The van der Waals surface area contributed by atoms with E-state index in [0.717, 1.165) is 46.4 Å². The molecule has 0 spiro atoms. The Labute approximate surface area is 179 Å². The summed E-state index contributed by atoms with van der Waals surface area (Å²) in [6, 6.07) is 27.2. The van der Waals surface area contributed by atoms with Crippen LogP contribution in [0.3, 0.4) is 0 Å². The molecule has 0 saturated carbocycles. The molecule has 30 heavy (non-hydrogen) atoms. The van der Waals surface area contributed by atoms with Gasteiger partial charge in [0.1, 0.15) is 12.1 Å². The van der Waals surface area contributed by atoms with Crippen LogP contribution in [0.2, 0.25) is 0 Å². The fourth-order valence-corrected chi connectivity index (χ4v) is 5.25. The van der Waals surface area contributed by atoms with Gasteiger partial charge in [-0.15, -0.1) is 0 Å². The number of likely N-dealkylation sites (tertiary alicyclic amines) is 1. The Kier molecular flexibility index (Phi) is 4.74. The first-order valence-corrected chi connectivity index (χ1v) is 10.9. The zero-order chi connectivity index (χ0) is 20.6. The Morgan fingerprint density at radius 3 is 2.13 bits per heavy atom. The van der Waals surface area contributed by atoms with Gasteiger partial charge in [0.15, 0.2) is 0 Å². The zero-order valence-electron chi connectivity index (χ0n) is 17.5. The number of benzene rings is 3. The third-order valence-electron chi connectivity index (χ3n) is 6.91. The molecule has 5 rings (SSSR count). The van der Waals surface area contributed by atoms with Crippen molar-refractivity contribution < 1.29 is 9.59 Å². The summed E-state index contributed by atoms with van der Waals surface area (Å²) in [4.78, 5) is 0. The summed E-state index contributed by atoms with van der Waals surface area (Å²) in [6.07, 6.45) is 1.65. The van der Waals surface area contributed by atoms with E-state index in [1.54, 1.807) is 0 Å². The monoisotopic (exact) mass is 394 g/mol. The van der Waals surface area contributed by atoms with Gasteiger partial charge in [-0.05, 0) is 33.7 Å². The van der Waals surface area contributed by atoms with Gasteiger partial charge in [0.25, 0.3) is 0 Å². The Balaban J connectivity index is 1.32. The molecule has 150 valence electrons. The van der Waals surface area contributed by atoms with E-state index < -0.39 is 5.60 Å². The van der Waals surface area contributed by atoms with Crippen molar-refractivity contribution in [2.24, 2.45) is 0 Å². The standard InChI is InChI=1S/C28H28NO/c1-29(20-17-23(21-29)22-11-3-2-4-12-22)19-10-9-18-28(30)26-15-7-5-13-24(26)25-14-6-8-16-27(25)28/h2-8,11-16,23,30H,17-21H2,1H3/q+1/t23-,29+/m0/s1. The molecule has 2 atom stereocenters. The van der Waals surface area contributed by atoms with Crippen molar-refractivity contribution in [2.75, 3.05) is 26.7 Å². The number of rotatable bonds is 3. The summed E-state index contributed by atoms with van der Waals surface area (Å²) in [7, 11) is 2.31. The molecule has 3 aromatic carbocycles. The molecule has 0 amide bonds. The summed E-state index contributed by atoms with van der Waals surface area (Å²) in [6.45, 7) is 3.13. The first kappa shape index (κ1) is 19.1. The molecule has 0 bridgehead atoms. The molecule has 0 unspecified atom stereocenters. The van der Waals surface area contributed by atoms with Gasteiger partial charge in [0, 0.05) is 18.8 Å². The third-order valence-corrected chi connectivity index (χ3v) is 6.91. The minimum absolute atomic E-state index is 0.434. The number of likely N-dealkylation sites (N-methyl/N-ethyl adjacent to an activating group) is 1. The highest BCUT2D eigenvalue weighted by molar-refractivity contribution is 5.80. The predicted octanol–water partition coefficient (Wildman–Crippen LogP) is 4.93. The van der Waals surface area contributed by atoms with E-state index in [-0.39, 0.29) is 0 Å². The molecule has 0 aromatic heterocycles. The lowest BCUT2D eigenvalue weighted by molar-refractivity contribution is -0.891. The van der Waals surface area contributed by atoms with Crippen LogP contribution >= 0.6 is 0 Å². The van der Waals surface area contributed by atoms with E-state index >= 15 is 0 Å². The molecule has 2 heteroatoms. The van der Waals surface area contributed by atoms with Crippen LogP contribution in [0.4, 0.5) is 0 Å². The minimum Gasteiger partial charge on any atom is -0.379 e. The Bertz CT molecular complexity index is 1080. The predicted molar refractivity (Wildman–Crippen MR) is 122 cm³/mol. The van der Waals surface area contributed by atoms with Crippen LogP contribution in [0, 0.1) is 11.8 Å². The summed E-state index contributed by atoms with van der Waals surface area (Å²) in [5, 5.41) is 11.6. The first-order chi connectivity index (χ1) is 14.6. The van der Waals surface area contributed by atoms with E-state index in [2.05, 4.69) is 61.4 Å². The van der Waals surface area contributed by atoms with Gasteiger partial charge >= 0.3 is 0 Å². The molecule has 2 aliphatic rings. The number of hydrogen-bond donors (Lipinski definition) is 1. The van der Waals surface area contributed by atoms with Crippen molar-refractivity contribution in [3.63, 3.8) is 0 Å². The van der Waals surface area contributed by atoms with Gasteiger partial charge in [-0.1, -0.05) is 84.8 Å². The Morgan fingerprint density at radius 2 is 1.47 bits per heavy atom. The summed E-state index contributed by atoms with van der Waals surface area (Å²) in [5.74, 6) is 7.38. The van der Waals surface area contributed by atoms with Crippen molar-refractivity contribution in [2.45, 2.75) is 24.4 Å². The van der Waals surface area contributed by atoms with Crippen LogP contribution in [0.25, 0.3) is 11.1 Å². The Morgan fingerprint density at radius 1 is 0.867 bits per heavy atom. The lowest BCUT2D eigenvalue weighted by Gasteiger charge is -2.27.